The summed E-state index contributed by atoms with van der Waals surface area (Å²) in [5.41, 5.74) is 0. The topological polar surface area (TPSA) is 149 Å². The van der Waals surface area contributed by atoms with Crippen LogP contribution in [0.25, 0.3) is 0 Å². The van der Waals surface area contributed by atoms with Gasteiger partial charge in [0.2, 0.25) is 0 Å². The van der Waals surface area contributed by atoms with Gasteiger partial charge in [-0.1, -0.05) is 0 Å². The number of hydrogen-bond acceptors (Lipinski definition) is 4. The van der Waals surface area contributed by atoms with E-state index in [0.717, 1.165) is 0 Å². The third-order valence-electron chi connectivity index (χ3n) is 0.368. The van der Waals surface area contributed by atoms with Crippen LogP contribution in [-0.4, -0.2) is 39.7 Å². The van der Waals surface area contributed by atoms with E-state index in [2.05, 4.69) is 0 Å². The van der Waals surface area contributed by atoms with Crippen LogP contribution in [0.2, 0.25) is 0 Å². The molecule has 0 fully saturated rings. The first-order valence-electron chi connectivity index (χ1n) is 2.46. The second kappa shape index (κ2) is 6.11. The predicted molar refractivity (Wildman–Crippen MR) is 38.6 cm³/mol. The first kappa shape index (κ1) is 14.1. The zero-order valence-corrected chi connectivity index (χ0v) is 6.80. The normalized spacial score (nSPS) is 10.3. The SMILES string of the molecule is O=C(O)C=CC(=O)O.O=S(=O)(O)O. The van der Waals surface area contributed by atoms with Crippen LogP contribution in [-0.2, 0) is 20.0 Å². The van der Waals surface area contributed by atoms with E-state index >= 15 is 0 Å². The Labute approximate surface area is 72.7 Å². The van der Waals surface area contributed by atoms with Gasteiger partial charge in [0, 0.05) is 12.2 Å². The molecule has 13 heavy (non-hydrogen) atoms. The molecule has 0 aromatic heterocycles. The highest BCUT2D eigenvalue weighted by Gasteiger charge is 1.88. The molecule has 0 aliphatic heterocycles. The summed E-state index contributed by atoms with van der Waals surface area (Å²) in [6.07, 6.45) is 1.12. The van der Waals surface area contributed by atoms with Gasteiger partial charge in [0.15, 0.2) is 0 Å². The Balaban J connectivity index is 0. The van der Waals surface area contributed by atoms with E-state index in [1.165, 1.54) is 0 Å². The van der Waals surface area contributed by atoms with Crippen molar-refractivity contribution in [3.8, 4) is 0 Å². The molecule has 0 saturated heterocycles. The smallest absolute Gasteiger partial charge is 0.394 e. The fourth-order valence-corrected chi connectivity index (χ4v) is 0.143. The van der Waals surface area contributed by atoms with Crippen molar-refractivity contribution in [3.63, 3.8) is 0 Å². The van der Waals surface area contributed by atoms with Crippen molar-refractivity contribution in [2.45, 2.75) is 0 Å². The average Bonchev–Trinajstić information content (AvgIpc) is 1.79. The molecule has 0 spiro atoms. The van der Waals surface area contributed by atoms with Gasteiger partial charge >= 0.3 is 22.3 Å². The molecule has 0 atom stereocenters. The second-order valence-corrected chi connectivity index (χ2v) is 2.35. The van der Waals surface area contributed by atoms with Crippen LogP contribution in [0.1, 0.15) is 0 Å². The van der Waals surface area contributed by atoms with Crippen LogP contribution in [0.4, 0.5) is 0 Å². The minimum atomic E-state index is -4.67. The van der Waals surface area contributed by atoms with E-state index in [-0.39, 0.29) is 0 Å². The summed E-state index contributed by atoms with van der Waals surface area (Å²) in [5.74, 6) is -2.51. The predicted octanol–water partition coefficient (Wildman–Crippen LogP) is -0.941. The van der Waals surface area contributed by atoms with Crippen molar-refractivity contribution in [2.24, 2.45) is 0 Å². The molecule has 76 valence electrons. The largest absolute Gasteiger partial charge is 0.478 e. The fraction of sp³-hybridized carbons (Fsp3) is 0. The Morgan fingerprint density at radius 3 is 1.15 bits per heavy atom. The molecule has 0 heterocycles. The lowest BCUT2D eigenvalue weighted by Crippen LogP contribution is -1.91. The van der Waals surface area contributed by atoms with Gasteiger partial charge in [0.1, 0.15) is 0 Å². The van der Waals surface area contributed by atoms with Crippen LogP contribution < -0.4 is 0 Å². The Morgan fingerprint density at radius 1 is 0.923 bits per heavy atom. The summed E-state index contributed by atoms with van der Waals surface area (Å²) in [7, 11) is -4.67. The molecule has 0 aromatic carbocycles. The van der Waals surface area contributed by atoms with E-state index in [4.69, 9.17) is 27.7 Å². The van der Waals surface area contributed by atoms with E-state index in [0.29, 0.717) is 12.2 Å². The van der Waals surface area contributed by atoms with Crippen molar-refractivity contribution < 1.29 is 37.3 Å². The summed E-state index contributed by atoms with van der Waals surface area (Å²) in [6, 6.07) is 0. The average molecular weight is 214 g/mol. The van der Waals surface area contributed by atoms with Crippen molar-refractivity contribution >= 4 is 22.3 Å². The summed E-state index contributed by atoms with van der Waals surface area (Å²) in [4.78, 5) is 19.1. The second-order valence-electron chi connectivity index (χ2n) is 1.46. The Kier molecular flexibility index (Phi) is 6.62. The third-order valence-corrected chi connectivity index (χ3v) is 0.368. The van der Waals surface area contributed by atoms with Gasteiger partial charge in [-0.2, -0.15) is 8.42 Å². The lowest BCUT2D eigenvalue weighted by Gasteiger charge is -1.74. The molecular weight excluding hydrogens is 208 g/mol. The first-order valence-corrected chi connectivity index (χ1v) is 3.86. The molecule has 0 rings (SSSR count). The maximum Gasteiger partial charge on any atom is 0.394 e. The zero-order valence-electron chi connectivity index (χ0n) is 5.98. The molecule has 9 heteroatoms. The van der Waals surface area contributed by atoms with E-state index in [9.17, 15) is 9.59 Å². The van der Waals surface area contributed by atoms with Crippen LogP contribution in [0.15, 0.2) is 12.2 Å². The molecule has 0 aliphatic carbocycles. The monoisotopic (exact) mass is 214 g/mol. The number of rotatable bonds is 2. The van der Waals surface area contributed by atoms with Crippen LogP contribution >= 0.6 is 0 Å². The number of hydrogen-bond donors (Lipinski definition) is 4. The van der Waals surface area contributed by atoms with Gasteiger partial charge in [0.25, 0.3) is 0 Å². The van der Waals surface area contributed by atoms with Gasteiger partial charge < -0.3 is 10.2 Å². The van der Waals surface area contributed by atoms with Crippen LogP contribution in [0, 0.1) is 0 Å². The summed E-state index contributed by atoms with van der Waals surface area (Å²) in [6.45, 7) is 0. The third kappa shape index (κ3) is 61.2. The van der Waals surface area contributed by atoms with Crippen molar-refractivity contribution in [1.82, 2.24) is 0 Å². The highest BCUT2D eigenvalue weighted by Crippen LogP contribution is 1.70. The summed E-state index contributed by atoms with van der Waals surface area (Å²) < 4.78 is 31.6. The Morgan fingerprint density at radius 2 is 1.08 bits per heavy atom. The molecule has 0 aromatic rings. The summed E-state index contributed by atoms with van der Waals surface area (Å²) in [5, 5.41) is 15.6. The van der Waals surface area contributed by atoms with Gasteiger partial charge in [-0.3, -0.25) is 9.11 Å². The summed E-state index contributed by atoms with van der Waals surface area (Å²) >= 11 is 0. The number of aliphatic carboxylic acids is 2. The number of carboxylic acid groups (broad SMARTS) is 2. The van der Waals surface area contributed by atoms with Gasteiger partial charge in [-0.25, -0.2) is 9.59 Å². The van der Waals surface area contributed by atoms with E-state index < -0.39 is 22.3 Å². The quantitative estimate of drug-likeness (QED) is 0.339. The van der Waals surface area contributed by atoms with Crippen molar-refractivity contribution in [3.05, 3.63) is 12.2 Å². The molecule has 0 unspecified atom stereocenters. The number of carboxylic acids is 2. The van der Waals surface area contributed by atoms with Crippen LogP contribution in [0.3, 0.4) is 0 Å². The first-order chi connectivity index (χ1) is 5.63. The number of carbonyl (C=O) groups is 2. The lowest BCUT2D eigenvalue weighted by atomic mass is 10.5. The maximum absolute atomic E-state index is 9.55. The maximum atomic E-state index is 9.55. The highest BCUT2D eigenvalue weighted by atomic mass is 32.3. The minimum absolute atomic E-state index is 0.558. The Hall–Kier alpha value is -1.45. The minimum Gasteiger partial charge on any atom is -0.478 e. The molecular formula is C4H6O8S. The van der Waals surface area contributed by atoms with Crippen LogP contribution in [0.5, 0.6) is 0 Å². The van der Waals surface area contributed by atoms with Gasteiger partial charge in [-0.05, 0) is 0 Å². The van der Waals surface area contributed by atoms with Gasteiger partial charge in [0.05, 0.1) is 0 Å². The lowest BCUT2D eigenvalue weighted by molar-refractivity contribution is -0.134. The molecule has 0 radical (unpaired) electrons. The molecule has 0 bridgehead atoms. The standard InChI is InChI=1S/C4H4O4.H2O4S/c5-3(6)1-2-4(7)8;1-5(2,3)4/h1-2H,(H,5,6)(H,7,8);(H2,1,2,3,4). The highest BCUT2D eigenvalue weighted by molar-refractivity contribution is 7.79. The molecule has 0 amide bonds. The fourth-order valence-electron chi connectivity index (χ4n) is 0.143. The van der Waals surface area contributed by atoms with E-state index in [1.807, 2.05) is 0 Å². The van der Waals surface area contributed by atoms with Crippen molar-refractivity contribution in [2.75, 3.05) is 0 Å². The van der Waals surface area contributed by atoms with Gasteiger partial charge in [-0.15, -0.1) is 0 Å². The molecule has 4 N–H and O–H groups in total. The zero-order chi connectivity index (χ0) is 11.1. The molecule has 0 aliphatic rings. The Bertz CT molecular complexity index is 274. The molecule has 0 saturated carbocycles. The van der Waals surface area contributed by atoms with E-state index in [1.54, 1.807) is 0 Å². The van der Waals surface area contributed by atoms with Crippen molar-refractivity contribution in [1.29, 1.82) is 0 Å². The molecule has 8 nitrogen and oxygen atoms in total.